The van der Waals surface area contributed by atoms with Crippen LogP contribution < -0.4 is 20.7 Å². The molecule has 0 saturated carbocycles. The largest absolute Gasteiger partial charge is 0.497 e. The molecule has 0 unspecified atom stereocenters. The summed E-state index contributed by atoms with van der Waals surface area (Å²) >= 11 is 0. The van der Waals surface area contributed by atoms with Crippen molar-refractivity contribution in [1.29, 1.82) is 0 Å². The van der Waals surface area contributed by atoms with E-state index in [1.807, 2.05) is 32.9 Å². The van der Waals surface area contributed by atoms with Gasteiger partial charge in [0.1, 0.15) is 11.4 Å². The van der Waals surface area contributed by atoms with Crippen LogP contribution in [0.2, 0.25) is 0 Å². The molecule has 1 fully saturated rings. The van der Waals surface area contributed by atoms with E-state index in [0.29, 0.717) is 17.1 Å². The second-order valence-electron chi connectivity index (χ2n) is 6.76. The average molecular weight is 321 g/mol. The van der Waals surface area contributed by atoms with Crippen LogP contribution in [0.15, 0.2) is 18.2 Å². The predicted octanol–water partition coefficient (Wildman–Crippen LogP) is 2.77. The van der Waals surface area contributed by atoms with Crippen LogP contribution in [0, 0.1) is 0 Å². The van der Waals surface area contributed by atoms with Crippen molar-refractivity contribution in [1.82, 2.24) is 5.32 Å². The summed E-state index contributed by atoms with van der Waals surface area (Å²) in [5.74, 6) is 0.667. The molecular weight excluding hydrogens is 294 g/mol. The van der Waals surface area contributed by atoms with Gasteiger partial charge >= 0.3 is 6.09 Å². The Hall–Kier alpha value is -1.95. The third-order valence-corrected chi connectivity index (χ3v) is 3.76. The van der Waals surface area contributed by atoms with Gasteiger partial charge in [-0.1, -0.05) is 0 Å². The van der Waals surface area contributed by atoms with Gasteiger partial charge in [-0.25, -0.2) is 4.79 Å². The number of anilines is 2. The van der Waals surface area contributed by atoms with E-state index < -0.39 is 5.60 Å². The first kappa shape index (κ1) is 17.4. The van der Waals surface area contributed by atoms with Crippen LogP contribution in [0.25, 0.3) is 0 Å². The number of piperidine rings is 1. The molecule has 0 spiro atoms. The van der Waals surface area contributed by atoms with E-state index in [1.165, 1.54) is 0 Å². The van der Waals surface area contributed by atoms with Crippen LogP contribution in [-0.4, -0.2) is 37.9 Å². The van der Waals surface area contributed by atoms with E-state index in [-0.39, 0.29) is 12.1 Å². The fourth-order valence-electron chi connectivity index (χ4n) is 2.70. The van der Waals surface area contributed by atoms with Gasteiger partial charge in [-0.15, -0.1) is 0 Å². The molecule has 23 heavy (non-hydrogen) atoms. The summed E-state index contributed by atoms with van der Waals surface area (Å²) in [6.45, 7) is 7.34. The molecule has 1 amide bonds. The highest BCUT2D eigenvalue weighted by atomic mass is 16.6. The first-order valence-corrected chi connectivity index (χ1v) is 7.98. The van der Waals surface area contributed by atoms with Crippen molar-refractivity contribution in [2.24, 2.45) is 0 Å². The van der Waals surface area contributed by atoms with Crippen LogP contribution in [-0.2, 0) is 4.74 Å². The summed E-state index contributed by atoms with van der Waals surface area (Å²) in [5, 5.41) is 3.31. The molecule has 1 aromatic carbocycles. The number of nitrogens with one attached hydrogen (secondary N) is 1. The lowest BCUT2D eigenvalue weighted by Crippen LogP contribution is -2.48. The molecule has 0 radical (unpaired) electrons. The molecule has 1 aromatic rings. The van der Waals surface area contributed by atoms with E-state index >= 15 is 0 Å². The molecule has 6 heteroatoms. The van der Waals surface area contributed by atoms with Crippen molar-refractivity contribution in [3.05, 3.63) is 18.2 Å². The van der Waals surface area contributed by atoms with Gasteiger partial charge in [-0.05, 0) is 58.8 Å². The molecule has 128 valence electrons. The number of nitrogens with two attached hydrogens (primary N) is 1. The Morgan fingerprint density at radius 3 is 2.48 bits per heavy atom. The lowest BCUT2D eigenvalue weighted by Gasteiger charge is -2.36. The van der Waals surface area contributed by atoms with Crippen molar-refractivity contribution in [2.45, 2.75) is 45.3 Å². The van der Waals surface area contributed by atoms with E-state index in [4.69, 9.17) is 15.2 Å². The lowest BCUT2D eigenvalue weighted by atomic mass is 10.0. The molecule has 0 atom stereocenters. The van der Waals surface area contributed by atoms with Gasteiger partial charge in [0.25, 0.3) is 0 Å². The summed E-state index contributed by atoms with van der Waals surface area (Å²) in [6, 6.07) is 5.43. The Morgan fingerprint density at radius 2 is 1.96 bits per heavy atom. The van der Waals surface area contributed by atoms with Crippen molar-refractivity contribution in [2.75, 3.05) is 30.8 Å². The van der Waals surface area contributed by atoms with Crippen molar-refractivity contribution >= 4 is 17.5 Å². The van der Waals surface area contributed by atoms with E-state index in [1.54, 1.807) is 18.1 Å². The lowest BCUT2D eigenvalue weighted by molar-refractivity contribution is 0.0559. The molecule has 1 aliphatic heterocycles. The summed E-state index contributed by atoms with van der Waals surface area (Å²) in [7, 11) is 1.59. The zero-order valence-electron chi connectivity index (χ0n) is 14.4. The molecule has 0 bridgehead atoms. The van der Waals surface area contributed by atoms with Crippen molar-refractivity contribution in [3.8, 4) is 5.75 Å². The minimum absolute atomic E-state index is 0.0711. The highest BCUT2D eigenvalue weighted by Gasteiger charge is 2.31. The Balaban J connectivity index is 2.34. The Morgan fingerprint density at radius 1 is 1.30 bits per heavy atom. The highest BCUT2D eigenvalue weighted by Crippen LogP contribution is 2.32. The van der Waals surface area contributed by atoms with Crippen molar-refractivity contribution < 1.29 is 14.3 Å². The second kappa shape index (κ2) is 7.08. The minimum atomic E-state index is -0.552. The number of hydrogen-bond acceptors (Lipinski definition) is 5. The third kappa shape index (κ3) is 4.51. The number of amides is 1. The molecule has 1 saturated heterocycles. The zero-order chi connectivity index (χ0) is 17.0. The van der Waals surface area contributed by atoms with Gasteiger partial charge in [0, 0.05) is 12.1 Å². The third-order valence-electron chi connectivity index (χ3n) is 3.76. The minimum Gasteiger partial charge on any atom is -0.497 e. The van der Waals surface area contributed by atoms with Gasteiger partial charge in [0.15, 0.2) is 0 Å². The first-order valence-electron chi connectivity index (χ1n) is 7.98. The summed E-state index contributed by atoms with van der Waals surface area (Å²) < 4.78 is 10.8. The van der Waals surface area contributed by atoms with Gasteiger partial charge in [0.2, 0.25) is 0 Å². The molecule has 3 N–H and O–H groups in total. The fraction of sp³-hybridized carbons (Fsp3) is 0.588. The number of nitrogens with zero attached hydrogens (tertiary/aromatic N) is 1. The Labute approximate surface area is 137 Å². The molecular formula is C17H27N3O3. The SMILES string of the molecule is COc1ccc(N(C(=O)OC(C)(C)C)C2CCNCC2)c(N)c1. The normalized spacial score (nSPS) is 16.0. The quantitative estimate of drug-likeness (QED) is 0.837. The second-order valence-corrected chi connectivity index (χ2v) is 6.76. The topological polar surface area (TPSA) is 76.8 Å². The number of benzene rings is 1. The van der Waals surface area contributed by atoms with E-state index in [2.05, 4.69) is 5.32 Å². The fourth-order valence-corrected chi connectivity index (χ4v) is 2.70. The van der Waals surface area contributed by atoms with Gasteiger partial charge in [0.05, 0.1) is 18.5 Å². The molecule has 6 nitrogen and oxygen atoms in total. The van der Waals surface area contributed by atoms with Crippen LogP contribution in [0.1, 0.15) is 33.6 Å². The molecule has 0 aromatic heterocycles. The number of ether oxygens (including phenoxy) is 2. The highest BCUT2D eigenvalue weighted by molar-refractivity contribution is 5.92. The van der Waals surface area contributed by atoms with Crippen LogP contribution in [0.5, 0.6) is 5.75 Å². The molecule has 0 aliphatic carbocycles. The van der Waals surface area contributed by atoms with Gasteiger partial charge in [-0.3, -0.25) is 4.90 Å². The first-order chi connectivity index (χ1) is 10.8. The average Bonchev–Trinajstić information content (AvgIpc) is 2.48. The standard InChI is InChI=1S/C17H27N3O3/c1-17(2,3)23-16(21)20(12-7-9-19-10-8-12)15-6-5-13(22-4)11-14(15)18/h5-6,11-12,19H,7-10,18H2,1-4H3. The van der Waals surface area contributed by atoms with Crippen LogP contribution in [0.4, 0.5) is 16.2 Å². The van der Waals surface area contributed by atoms with Crippen molar-refractivity contribution in [3.63, 3.8) is 0 Å². The van der Waals surface area contributed by atoms with E-state index in [9.17, 15) is 4.79 Å². The smallest absolute Gasteiger partial charge is 0.415 e. The summed E-state index contributed by atoms with van der Waals surface area (Å²) in [6.07, 6.45) is 1.37. The number of hydrogen-bond donors (Lipinski definition) is 2. The monoisotopic (exact) mass is 321 g/mol. The molecule has 2 rings (SSSR count). The van der Waals surface area contributed by atoms with Gasteiger partial charge in [-0.2, -0.15) is 0 Å². The number of carbonyl (C=O) groups excluding carboxylic acids is 1. The van der Waals surface area contributed by atoms with E-state index in [0.717, 1.165) is 25.9 Å². The molecule has 1 heterocycles. The maximum atomic E-state index is 12.8. The summed E-state index contributed by atoms with van der Waals surface area (Å²) in [5.41, 5.74) is 6.79. The van der Waals surface area contributed by atoms with Crippen LogP contribution in [0.3, 0.4) is 0 Å². The summed E-state index contributed by atoms with van der Waals surface area (Å²) in [4.78, 5) is 14.5. The predicted molar refractivity (Wildman–Crippen MR) is 92.0 cm³/mol. The number of carbonyl (C=O) groups is 1. The number of methoxy groups -OCH3 is 1. The maximum absolute atomic E-state index is 12.8. The Kier molecular flexibility index (Phi) is 5.36. The van der Waals surface area contributed by atoms with Gasteiger partial charge < -0.3 is 20.5 Å². The maximum Gasteiger partial charge on any atom is 0.415 e. The zero-order valence-corrected chi connectivity index (χ0v) is 14.4. The number of rotatable bonds is 3. The van der Waals surface area contributed by atoms with Crippen LogP contribution >= 0.6 is 0 Å². The Bertz CT molecular complexity index is 549. The molecule has 1 aliphatic rings. The number of nitrogen functional groups attached to an aromatic ring is 1.